The van der Waals surface area contributed by atoms with Gasteiger partial charge in [0.05, 0.1) is 9.16 Å². The zero-order valence-electron chi connectivity index (χ0n) is 9.21. The van der Waals surface area contributed by atoms with Crippen molar-refractivity contribution in [2.75, 3.05) is 0 Å². The van der Waals surface area contributed by atoms with Gasteiger partial charge in [0.2, 0.25) is 0 Å². The molecule has 0 radical (unpaired) electrons. The normalized spacial score (nSPS) is 12.7. The average molecular weight is 395 g/mol. The standard InChI is InChI=1S/C13H11Br2ClS/c1-8-6-12(17-13(8)15)11(16)7-9-2-4-10(14)5-3-9/h2-6,11H,7H2,1H3. The smallest absolute Gasteiger partial charge is 0.0731 e. The molecule has 0 aliphatic rings. The fraction of sp³-hybridized carbons (Fsp3) is 0.231. The third kappa shape index (κ3) is 3.57. The molecule has 0 spiro atoms. The molecule has 17 heavy (non-hydrogen) atoms. The Bertz CT molecular complexity index is 485. The minimum Gasteiger partial charge on any atom is -0.131 e. The molecule has 1 aromatic carbocycles. The monoisotopic (exact) mass is 392 g/mol. The molecule has 0 nitrogen and oxygen atoms in total. The van der Waals surface area contributed by atoms with Crippen molar-refractivity contribution in [1.29, 1.82) is 0 Å². The van der Waals surface area contributed by atoms with Crippen molar-refractivity contribution in [3.05, 3.63) is 54.6 Å². The van der Waals surface area contributed by atoms with Gasteiger partial charge in [-0.25, -0.2) is 0 Å². The van der Waals surface area contributed by atoms with Crippen LogP contribution in [0.5, 0.6) is 0 Å². The second-order valence-electron chi connectivity index (χ2n) is 3.90. The Balaban J connectivity index is 2.11. The minimum atomic E-state index is 0.0474. The number of alkyl halides is 1. The summed E-state index contributed by atoms with van der Waals surface area (Å²) in [5.41, 5.74) is 2.52. The van der Waals surface area contributed by atoms with Gasteiger partial charge < -0.3 is 0 Å². The summed E-state index contributed by atoms with van der Waals surface area (Å²) in [7, 11) is 0. The van der Waals surface area contributed by atoms with Crippen LogP contribution in [0.4, 0.5) is 0 Å². The summed E-state index contributed by atoms with van der Waals surface area (Å²) >= 11 is 15.1. The van der Waals surface area contributed by atoms with E-state index in [1.54, 1.807) is 11.3 Å². The fourth-order valence-corrected chi connectivity index (χ4v) is 3.75. The van der Waals surface area contributed by atoms with E-state index in [4.69, 9.17) is 11.6 Å². The van der Waals surface area contributed by atoms with E-state index >= 15 is 0 Å². The first-order valence-corrected chi connectivity index (χ1v) is 8.04. The summed E-state index contributed by atoms with van der Waals surface area (Å²) in [5, 5.41) is 0.0474. The van der Waals surface area contributed by atoms with Crippen molar-refractivity contribution in [2.24, 2.45) is 0 Å². The Hall–Kier alpha value is 0.170. The van der Waals surface area contributed by atoms with E-state index in [0.717, 1.165) is 10.9 Å². The maximum atomic E-state index is 6.44. The summed E-state index contributed by atoms with van der Waals surface area (Å²) in [6.07, 6.45) is 0.862. The second kappa shape index (κ2) is 5.87. The number of rotatable bonds is 3. The third-order valence-electron chi connectivity index (χ3n) is 2.51. The van der Waals surface area contributed by atoms with Gasteiger partial charge in [0.25, 0.3) is 0 Å². The van der Waals surface area contributed by atoms with Gasteiger partial charge in [0.15, 0.2) is 0 Å². The van der Waals surface area contributed by atoms with Crippen molar-refractivity contribution in [3.8, 4) is 0 Å². The number of halogens is 3. The predicted molar refractivity (Wildman–Crippen MR) is 83.2 cm³/mol. The molecule has 90 valence electrons. The van der Waals surface area contributed by atoms with E-state index < -0.39 is 0 Å². The van der Waals surface area contributed by atoms with E-state index in [9.17, 15) is 0 Å². The van der Waals surface area contributed by atoms with Crippen LogP contribution in [0.1, 0.15) is 21.4 Å². The van der Waals surface area contributed by atoms with E-state index in [-0.39, 0.29) is 5.38 Å². The van der Waals surface area contributed by atoms with Gasteiger partial charge >= 0.3 is 0 Å². The molecule has 2 rings (SSSR count). The quantitative estimate of drug-likeness (QED) is 0.552. The first kappa shape index (κ1) is 13.6. The minimum absolute atomic E-state index is 0.0474. The molecule has 1 atom stereocenters. The molecule has 0 fully saturated rings. The fourth-order valence-electron chi connectivity index (χ4n) is 1.57. The molecule has 2 aromatic rings. The molecule has 4 heteroatoms. The topological polar surface area (TPSA) is 0 Å². The van der Waals surface area contributed by atoms with E-state index in [1.165, 1.54) is 19.8 Å². The lowest BCUT2D eigenvalue weighted by atomic mass is 10.1. The highest BCUT2D eigenvalue weighted by molar-refractivity contribution is 9.11. The van der Waals surface area contributed by atoms with Crippen molar-refractivity contribution in [3.63, 3.8) is 0 Å². The third-order valence-corrected chi connectivity index (χ3v) is 5.81. The summed E-state index contributed by atoms with van der Waals surface area (Å²) in [6.45, 7) is 2.09. The molecule has 0 bridgehead atoms. The van der Waals surface area contributed by atoms with Crippen molar-refractivity contribution in [1.82, 2.24) is 0 Å². The zero-order valence-corrected chi connectivity index (χ0v) is 14.0. The lowest BCUT2D eigenvalue weighted by molar-refractivity contribution is 0.939. The molecule has 0 aliphatic heterocycles. The molecular formula is C13H11Br2ClS. The van der Waals surface area contributed by atoms with Gasteiger partial charge in [-0.1, -0.05) is 28.1 Å². The molecule has 1 aromatic heterocycles. The number of aryl methyl sites for hydroxylation is 1. The number of thiophene rings is 1. The molecule has 0 amide bonds. The lowest BCUT2D eigenvalue weighted by Crippen LogP contribution is -1.93. The first-order chi connectivity index (χ1) is 8.06. The summed E-state index contributed by atoms with van der Waals surface area (Å²) in [5.74, 6) is 0. The van der Waals surface area contributed by atoms with Gasteiger partial charge in [0, 0.05) is 9.35 Å². The molecule has 1 unspecified atom stereocenters. The largest absolute Gasteiger partial charge is 0.131 e. The second-order valence-corrected chi connectivity index (χ2v) is 7.75. The van der Waals surface area contributed by atoms with E-state index in [2.05, 4.69) is 69.1 Å². The Morgan fingerprint density at radius 1 is 1.24 bits per heavy atom. The Kier molecular flexibility index (Phi) is 4.70. The van der Waals surface area contributed by atoms with Crippen LogP contribution >= 0.6 is 54.8 Å². The van der Waals surface area contributed by atoms with Gasteiger partial charge in [-0.2, -0.15) is 0 Å². The SMILES string of the molecule is Cc1cc(C(Cl)Cc2ccc(Br)cc2)sc1Br. The Labute approximate surface area is 127 Å². The number of hydrogen-bond acceptors (Lipinski definition) is 1. The molecule has 0 saturated heterocycles. The van der Waals surface area contributed by atoms with Crippen LogP contribution in [-0.2, 0) is 6.42 Å². The number of benzene rings is 1. The van der Waals surface area contributed by atoms with Crippen LogP contribution in [0.2, 0.25) is 0 Å². The first-order valence-electron chi connectivity index (χ1n) is 5.20. The van der Waals surface area contributed by atoms with Gasteiger partial charge in [-0.15, -0.1) is 22.9 Å². The van der Waals surface area contributed by atoms with Crippen molar-refractivity contribution in [2.45, 2.75) is 18.7 Å². The van der Waals surface area contributed by atoms with E-state index in [0.29, 0.717) is 0 Å². The van der Waals surface area contributed by atoms with Crippen LogP contribution in [0.25, 0.3) is 0 Å². The van der Waals surface area contributed by atoms with Gasteiger partial charge in [0.1, 0.15) is 0 Å². The Morgan fingerprint density at radius 3 is 2.41 bits per heavy atom. The highest BCUT2D eigenvalue weighted by atomic mass is 79.9. The van der Waals surface area contributed by atoms with E-state index in [1.807, 2.05) is 0 Å². The predicted octanol–water partition coefficient (Wildman–Crippen LogP) is 6.10. The number of hydrogen-bond donors (Lipinski definition) is 0. The lowest BCUT2D eigenvalue weighted by Gasteiger charge is -2.07. The van der Waals surface area contributed by atoms with Gasteiger partial charge in [-0.05, 0) is 58.6 Å². The van der Waals surface area contributed by atoms with Crippen LogP contribution in [0.15, 0.2) is 38.6 Å². The highest BCUT2D eigenvalue weighted by Gasteiger charge is 2.13. The molecule has 1 heterocycles. The van der Waals surface area contributed by atoms with Crippen LogP contribution in [-0.4, -0.2) is 0 Å². The van der Waals surface area contributed by atoms with Crippen LogP contribution in [0.3, 0.4) is 0 Å². The molecule has 0 saturated carbocycles. The maximum Gasteiger partial charge on any atom is 0.0731 e. The Morgan fingerprint density at radius 2 is 1.88 bits per heavy atom. The average Bonchev–Trinajstić information content (AvgIpc) is 2.63. The summed E-state index contributed by atoms with van der Waals surface area (Å²) in [4.78, 5) is 1.22. The summed E-state index contributed by atoms with van der Waals surface area (Å²) in [6, 6.07) is 10.5. The highest BCUT2D eigenvalue weighted by Crippen LogP contribution is 2.36. The summed E-state index contributed by atoms with van der Waals surface area (Å²) < 4.78 is 2.27. The molecular weight excluding hydrogens is 383 g/mol. The van der Waals surface area contributed by atoms with Crippen LogP contribution in [0, 0.1) is 6.92 Å². The van der Waals surface area contributed by atoms with Crippen molar-refractivity contribution >= 4 is 54.8 Å². The zero-order chi connectivity index (χ0) is 12.4. The molecule has 0 N–H and O–H groups in total. The van der Waals surface area contributed by atoms with Gasteiger partial charge in [-0.3, -0.25) is 0 Å². The molecule has 0 aliphatic carbocycles. The van der Waals surface area contributed by atoms with Crippen molar-refractivity contribution < 1.29 is 0 Å². The van der Waals surface area contributed by atoms with Crippen LogP contribution < -0.4 is 0 Å². The maximum absolute atomic E-state index is 6.44.